The highest BCUT2D eigenvalue weighted by Gasteiger charge is 2.21. The molecule has 0 atom stereocenters. The molecular weight excluding hydrogens is 333 g/mol. The van der Waals surface area contributed by atoms with Crippen LogP contribution in [0.1, 0.15) is 34.2 Å². The molecule has 6 nitrogen and oxygen atoms in total. The van der Waals surface area contributed by atoms with Crippen molar-refractivity contribution >= 4 is 5.91 Å². The maximum absolute atomic E-state index is 13.0. The normalized spacial score (nSPS) is 11.0. The van der Waals surface area contributed by atoms with Crippen LogP contribution in [0.3, 0.4) is 0 Å². The zero-order valence-electron chi connectivity index (χ0n) is 15.4. The van der Waals surface area contributed by atoms with Gasteiger partial charge in [0.2, 0.25) is 0 Å². The fraction of sp³-hybridized carbons (Fsp3) is 0.316. The molecule has 3 aromatic rings. The summed E-state index contributed by atoms with van der Waals surface area (Å²) in [7, 11) is 1.76. The molecule has 0 aliphatic heterocycles. The fourth-order valence-corrected chi connectivity index (χ4v) is 3.03. The van der Waals surface area contributed by atoms with Crippen LogP contribution in [-0.2, 0) is 13.1 Å². The summed E-state index contributed by atoms with van der Waals surface area (Å²) in [6.45, 7) is 6.93. The lowest BCUT2D eigenvalue weighted by Gasteiger charge is -2.16. The average molecular weight is 355 g/mol. The van der Waals surface area contributed by atoms with E-state index in [1.165, 1.54) is 12.1 Å². The standard InChI is InChI=1S/C19H22FN5O/c1-5-24-14(3)18(13(2)22-24)19(26)23(4)11-15-10-21-25(12-15)17-8-6-16(20)7-9-17/h6-10,12H,5,11H2,1-4H3. The molecule has 0 bridgehead atoms. The summed E-state index contributed by atoms with van der Waals surface area (Å²) in [5.41, 5.74) is 3.93. The van der Waals surface area contributed by atoms with E-state index in [1.807, 2.05) is 31.6 Å². The van der Waals surface area contributed by atoms with Gasteiger partial charge >= 0.3 is 0 Å². The van der Waals surface area contributed by atoms with Crippen molar-refractivity contribution in [2.75, 3.05) is 7.05 Å². The Morgan fingerprint density at radius 1 is 1.23 bits per heavy atom. The maximum atomic E-state index is 13.0. The molecule has 0 saturated heterocycles. The van der Waals surface area contributed by atoms with Gasteiger partial charge in [-0.05, 0) is 45.0 Å². The Morgan fingerprint density at radius 3 is 2.54 bits per heavy atom. The van der Waals surface area contributed by atoms with Crippen molar-refractivity contribution in [3.05, 3.63) is 65.0 Å². The summed E-state index contributed by atoms with van der Waals surface area (Å²) >= 11 is 0. The Hall–Kier alpha value is -2.96. The van der Waals surface area contributed by atoms with Crippen LogP contribution in [0.5, 0.6) is 0 Å². The molecular formula is C19H22FN5O. The van der Waals surface area contributed by atoms with Gasteiger partial charge in [-0.3, -0.25) is 9.48 Å². The van der Waals surface area contributed by atoms with Gasteiger partial charge < -0.3 is 4.90 Å². The maximum Gasteiger partial charge on any atom is 0.257 e. The number of hydrogen-bond acceptors (Lipinski definition) is 3. The van der Waals surface area contributed by atoms with Gasteiger partial charge in [-0.1, -0.05) is 0 Å². The van der Waals surface area contributed by atoms with Crippen molar-refractivity contribution in [1.82, 2.24) is 24.5 Å². The van der Waals surface area contributed by atoms with Crippen molar-refractivity contribution < 1.29 is 9.18 Å². The van der Waals surface area contributed by atoms with Gasteiger partial charge in [-0.25, -0.2) is 9.07 Å². The first kappa shape index (κ1) is 17.8. The van der Waals surface area contributed by atoms with Crippen LogP contribution in [0.15, 0.2) is 36.7 Å². The molecule has 1 aromatic carbocycles. The van der Waals surface area contributed by atoms with E-state index in [2.05, 4.69) is 10.2 Å². The van der Waals surface area contributed by atoms with Crippen molar-refractivity contribution in [2.45, 2.75) is 33.9 Å². The monoisotopic (exact) mass is 355 g/mol. The Labute approximate surface area is 151 Å². The third kappa shape index (κ3) is 3.37. The largest absolute Gasteiger partial charge is 0.337 e. The molecule has 2 heterocycles. The van der Waals surface area contributed by atoms with E-state index in [0.717, 1.165) is 29.2 Å². The van der Waals surface area contributed by atoms with E-state index < -0.39 is 0 Å². The van der Waals surface area contributed by atoms with Crippen LogP contribution in [0.25, 0.3) is 5.69 Å². The van der Waals surface area contributed by atoms with Crippen molar-refractivity contribution in [3.63, 3.8) is 0 Å². The number of carbonyl (C=O) groups excluding carboxylic acids is 1. The summed E-state index contributed by atoms with van der Waals surface area (Å²) in [5, 5.41) is 8.71. The Morgan fingerprint density at radius 2 is 1.92 bits per heavy atom. The second-order valence-electron chi connectivity index (χ2n) is 6.29. The second-order valence-corrected chi connectivity index (χ2v) is 6.29. The minimum absolute atomic E-state index is 0.0609. The van der Waals surface area contributed by atoms with E-state index in [0.29, 0.717) is 12.1 Å². The lowest BCUT2D eigenvalue weighted by atomic mass is 10.1. The number of aromatic nitrogens is 4. The molecule has 7 heteroatoms. The summed E-state index contributed by atoms with van der Waals surface area (Å²) in [6.07, 6.45) is 3.55. The third-order valence-corrected chi connectivity index (χ3v) is 4.39. The lowest BCUT2D eigenvalue weighted by molar-refractivity contribution is 0.0783. The van der Waals surface area contributed by atoms with Gasteiger partial charge in [0.05, 0.1) is 23.1 Å². The predicted octanol–water partition coefficient (Wildman–Crippen LogP) is 3.12. The Kier molecular flexibility index (Phi) is 4.88. The van der Waals surface area contributed by atoms with Gasteiger partial charge in [0, 0.05) is 37.6 Å². The molecule has 0 N–H and O–H groups in total. The minimum Gasteiger partial charge on any atom is -0.337 e. The summed E-state index contributed by atoms with van der Waals surface area (Å²) in [5.74, 6) is -0.348. The third-order valence-electron chi connectivity index (χ3n) is 4.39. The SMILES string of the molecule is CCn1nc(C)c(C(=O)N(C)Cc2cnn(-c3ccc(F)cc3)c2)c1C. The molecule has 0 aliphatic rings. The first-order chi connectivity index (χ1) is 12.4. The van der Waals surface area contributed by atoms with Gasteiger partial charge in [0.25, 0.3) is 5.91 Å². The Bertz CT molecular complexity index is 926. The average Bonchev–Trinajstić information content (AvgIpc) is 3.19. The number of aryl methyl sites for hydroxylation is 2. The number of carbonyl (C=O) groups is 1. The lowest BCUT2D eigenvalue weighted by Crippen LogP contribution is -2.27. The highest BCUT2D eigenvalue weighted by molar-refractivity contribution is 5.96. The van der Waals surface area contributed by atoms with Crippen molar-refractivity contribution in [2.24, 2.45) is 0 Å². The highest BCUT2D eigenvalue weighted by Crippen LogP contribution is 2.17. The smallest absolute Gasteiger partial charge is 0.257 e. The predicted molar refractivity (Wildman–Crippen MR) is 96.7 cm³/mol. The molecule has 0 fully saturated rings. The van der Waals surface area contributed by atoms with Gasteiger partial charge in [-0.15, -0.1) is 0 Å². The molecule has 0 aliphatic carbocycles. The fourth-order valence-electron chi connectivity index (χ4n) is 3.03. The van der Waals surface area contributed by atoms with Crippen LogP contribution in [0.2, 0.25) is 0 Å². The summed E-state index contributed by atoms with van der Waals surface area (Å²) in [6, 6.07) is 6.10. The quantitative estimate of drug-likeness (QED) is 0.707. The number of nitrogens with zero attached hydrogens (tertiary/aromatic N) is 5. The molecule has 136 valence electrons. The van der Waals surface area contributed by atoms with Gasteiger partial charge in [0.1, 0.15) is 5.82 Å². The molecule has 1 amide bonds. The number of hydrogen-bond donors (Lipinski definition) is 0. The van der Waals surface area contributed by atoms with Crippen LogP contribution < -0.4 is 0 Å². The number of halogens is 1. The molecule has 0 unspecified atom stereocenters. The zero-order valence-corrected chi connectivity index (χ0v) is 15.4. The molecule has 0 saturated carbocycles. The van der Waals surface area contributed by atoms with Crippen LogP contribution >= 0.6 is 0 Å². The topological polar surface area (TPSA) is 56.0 Å². The second kappa shape index (κ2) is 7.11. The first-order valence-corrected chi connectivity index (χ1v) is 8.49. The molecule has 0 radical (unpaired) electrons. The van der Waals surface area contributed by atoms with Crippen molar-refractivity contribution in [3.8, 4) is 5.69 Å². The summed E-state index contributed by atoms with van der Waals surface area (Å²) < 4.78 is 16.5. The van der Waals surface area contributed by atoms with Gasteiger partial charge in [-0.2, -0.15) is 10.2 Å². The Balaban J connectivity index is 1.76. The van der Waals surface area contributed by atoms with Crippen molar-refractivity contribution in [1.29, 1.82) is 0 Å². The number of amides is 1. The molecule has 0 spiro atoms. The molecule has 3 rings (SSSR count). The van der Waals surface area contributed by atoms with Crippen LogP contribution in [0.4, 0.5) is 4.39 Å². The van der Waals surface area contributed by atoms with Crippen LogP contribution in [0, 0.1) is 19.7 Å². The van der Waals surface area contributed by atoms with E-state index in [4.69, 9.17) is 0 Å². The zero-order chi connectivity index (χ0) is 18.8. The van der Waals surface area contributed by atoms with E-state index >= 15 is 0 Å². The summed E-state index contributed by atoms with van der Waals surface area (Å²) in [4.78, 5) is 14.5. The number of benzene rings is 1. The van der Waals surface area contributed by atoms with Gasteiger partial charge in [0.15, 0.2) is 0 Å². The van der Waals surface area contributed by atoms with E-state index in [9.17, 15) is 9.18 Å². The first-order valence-electron chi connectivity index (χ1n) is 8.49. The van der Waals surface area contributed by atoms with Crippen LogP contribution in [-0.4, -0.2) is 37.4 Å². The molecule has 2 aromatic heterocycles. The highest BCUT2D eigenvalue weighted by atomic mass is 19.1. The number of rotatable bonds is 5. The minimum atomic E-state index is -0.287. The van der Waals surface area contributed by atoms with E-state index in [1.54, 1.807) is 35.0 Å². The van der Waals surface area contributed by atoms with E-state index in [-0.39, 0.29) is 11.7 Å². The molecule has 26 heavy (non-hydrogen) atoms.